The molecule has 1 heterocycles. The summed E-state index contributed by atoms with van der Waals surface area (Å²) in [5.74, 6) is 0. The third-order valence-electron chi connectivity index (χ3n) is 3.27. The highest BCUT2D eigenvalue weighted by Crippen LogP contribution is 2.21. The fourth-order valence-electron chi connectivity index (χ4n) is 2.35. The Morgan fingerprint density at radius 2 is 2.14 bits per heavy atom. The van der Waals surface area contributed by atoms with Crippen molar-refractivity contribution in [3.05, 3.63) is 29.8 Å². The molecule has 1 aliphatic rings. The second-order valence-corrected chi connectivity index (χ2v) is 6.81. The summed E-state index contributed by atoms with van der Waals surface area (Å²) in [5, 5.41) is 8.78. The minimum atomic E-state index is -4.30. The lowest BCUT2D eigenvalue weighted by atomic mass is 10.2. The van der Waals surface area contributed by atoms with E-state index >= 15 is 0 Å². The van der Waals surface area contributed by atoms with Crippen molar-refractivity contribution >= 4 is 10.0 Å². The van der Waals surface area contributed by atoms with Gasteiger partial charge in [0.15, 0.2) is 0 Å². The topological polar surface area (TPSA) is 73.2 Å². The van der Waals surface area contributed by atoms with Crippen LogP contribution in [0, 0.1) is 11.3 Å². The lowest BCUT2D eigenvalue weighted by molar-refractivity contribution is -0.143. The van der Waals surface area contributed by atoms with Crippen LogP contribution >= 0.6 is 0 Å². The van der Waals surface area contributed by atoms with Crippen molar-refractivity contribution in [2.75, 3.05) is 19.6 Å². The number of rotatable bonds is 4. The molecule has 0 amide bonds. The number of likely N-dealkylation sites (tertiary alicyclic amines) is 1. The van der Waals surface area contributed by atoms with Gasteiger partial charge in [0.2, 0.25) is 10.0 Å². The summed E-state index contributed by atoms with van der Waals surface area (Å²) in [6, 6.07) is 6.75. The molecule has 0 spiro atoms. The van der Waals surface area contributed by atoms with Gasteiger partial charge in [0.05, 0.1) is 23.1 Å². The maximum absolute atomic E-state index is 12.3. The average molecular weight is 333 g/mol. The van der Waals surface area contributed by atoms with Gasteiger partial charge >= 0.3 is 6.18 Å². The van der Waals surface area contributed by atoms with Crippen molar-refractivity contribution in [3.63, 3.8) is 0 Å². The third-order valence-corrected chi connectivity index (χ3v) is 4.79. The lowest BCUT2D eigenvalue weighted by Gasteiger charge is -2.18. The predicted octanol–water partition coefficient (Wildman–Crippen LogP) is 1.47. The lowest BCUT2D eigenvalue weighted by Crippen LogP contribution is -2.39. The first-order chi connectivity index (χ1) is 10.2. The van der Waals surface area contributed by atoms with E-state index in [0.29, 0.717) is 6.42 Å². The van der Waals surface area contributed by atoms with Crippen molar-refractivity contribution in [2.45, 2.75) is 23.5 Å². The second kappa shape index (κ2) is 6.24. The molecule has 5 nitrogen and oxygen atoms in total. The summed E-state index contributed by atoms with van der Waals surface area (Å²) in [5.41, 5.74) is 0.202. The standard InChI is InChI=1S/C13H14F3N3O2S/c14-13(15,16)9-19-5-4-11(8-19)18-22(20,21)12-3-1-2-10(6-12)7-17/h1-3,6,11,18H,4-5,8-9H2/t11-/m0/s1. The van der Waals surface area contributed by atoms with Gasteiger partial charge in [0.1, 0.15) is 0 Å². The number of benzene rings is 1. The average Bonchev–Trinajstić information content (AvgIpc) is 2.83. The van der Waals surface area contributed by atoms with Crippen LogP contribution in [0.25, 0.3) is 0 Å². The summed E-state index contributed by atoms with van der Waals surface area (Å²) in [4.78, 5) is 1.10. The molecule has 2 rings (SSSR count). The summed E-state index contributed by atoms with van der Waals surface area (Å²) in [6.07, 6.45) is -3.98. The van der Waals surface area contributed by atoms with E-state index < -0.39 is 28.8 Å². The van der Waals surface area contributed by atoms with E-state index in [2.05, 4.69) is 4.72 Å². The third kappa shape index (κ3) is 4.43. The van der Waals surface area contributed by atoms with Gasteiger partial charge in [-0.25, -0.2) is 13.1 Å². The molecule has 120 valence electrons. The zero-order chi connectivity index (χ0) is 16.4. The van der Waals surface area contributed by atoms with Crippen LogP contribution in [-0.4, -0.2) is 45.2 Å². The van der Waals surface area contributed by atoms with Crippen molar-refractivity contribution in [1.82, 2.24) is 9.62 Å². The van der Waals surface area contributed by atoms with Crippen LogP contribution in [0.5, 0.6) is 0 Å². The van der Waals surface area contributed by atoms with Gasteiger partial charge in [-0.2, -0.15) is 18.4 Å². The van der Waals surface area contributed by atoms with Gasteiger partial charge < -0.3 is 0 Å². The Labute approximate surface area is 126 Å². The number of halogens is 3. The van der Waals surface area contributed by atoms with Crippen molar-refractivity contribution < 1.29 is 21.6 Å². The molecule has 1 fully saturated rings. The van der Waals surface area contributed by atoms with Gasteiger partial charge in [-0.15, -0.1) is 0 Å². The van der Waals surface area contributed by atoms with Crippen molar-refractivity contribution in [3.8, 4) is 6.07 Å². The van der Waals surface area contributed by atoms with E-state index in [0.717, 1.165) is 0 Å². The highest BCUT2D eigenvalue weighted by atomic mass is 32.2. The van der Waals surface area contributed by atoms with Crippen molar-refractivity contribution in [2.24, 2.45) is 0 Å². The molecule has 9 heteroatoms. The van der Waals surface area contributed by atoms with Crippen LogP contribution < -0.4 is 4.72 Å². The van der Waals surface area contributed by atoms with Crippen LogP contribution in [-0.2, 0) is 10.0 Å². The number of nitrogens with zero attached hydrogens (tertiary/aromatic N) is 2. The summed E-state index contributed by atoms with van der Waals surface area (Å²) in [6.45, 7) is -0.850. The van der Waals surface area contributed by atoms with Crippen LogP contribution in [0.15, 0.2) is 29.2 Å². The number of hydrogen-bond donors (Lipinski definition) is 1. The van der Waals surface area contributed by atoms with Crippen molar-refractivity contribution in [1.29, 1.82) is 5.26 Å². The number of sulfonamides is 1. The Kier molecular flexibility index (Phi) is 4.75. The normalized spacial score (nSPS) is 20.0. The molecule has 1 aliphatic heterocycles. The zero-order valence-electron chi connectivity index (χ0n) is 11.5. The number of alkyl halides is 3. The smallest absolute Gasteiger partial charge is 0.293 e. The molecule has 1 atom stereocenters. The molecule has 0 bridgehead atoms. The molecule has 1 N–H and O–H groups in total. The summed E-state index contributed by atoms with van der Waals surface area (Å²) >= 11 is 0. The van der Waals surface area contributed by atoms with E-state index in [1.54, 1.807) is 0 Å². The molecule has 1 saturated heterocycles. The molecule has 1 aromatic carbocycles. The van der Waals surface area contributed by atoms with Crippen LogP contribution in [0.4, 0.5) is 13.2 Å². The molecule has 0 radical (unpaired) electrons. The van der Waals surface area contributed by atoms with Gasteiger partial charge in [0.25, 0.3) is 0 Å². The van der Waals surface area contributed by atoms with E-state index in [1.807, 2.05) is 6.07 Å². The van der Waals surface area contributed by atoms with Crippen LogP contribution in [0.1, 0.15) is 12.0 Å². The maximum Gasteiger partial charge on any atom is 0.401 e. The van der Waals surface area contributed by atoms with Gasteiger partial charge in [-0.05, 0) is 24.6 Å². The number of nitrogens with one attached hydrogen (secondary N) is 1. The van der Waals surface area contributed by atoms with E-state index in [4.69, 9.17) is 5.26 Å². The molecular weight excluding hydrogens is 319 g/mol. The van der Waals surface area contributed by atoms with Crippen LogP contribution in [0.3, 0.4) is 0 Å². The van der Waals surface area contributed by atoms with Gasteiger partial charge in [-0.3, -0.25) is 4.90 Å². The first kappa shape index (κ1) is 16.7. The monoisotopic (exact) mass is 333 g/mol. The van der Waals surface area contributed by atoms with E-state index in [1.165, 1.54) is 29.2 Å². The highest BCUT2D eigenvalue weighted by molar-refractivity contribution is 7.89. The maximum atomic E-state index is 12.3. The Morgan fingerprint density at radius 3 is 2.77 bits per heavy atom. The predicted molar refractivity (Wildman–Crippen MR) is 72.4 cm³/mol. The minimum Gasteiger partial charge on any atom is -0.293 e. The highest BCUT2D eigenvalue weighted by Gasteiger charge is 2.35. The molecule has 1 aromatic rings. The first-order valence-electron chi connectivity index (χ1n) is 6.51. The molecule has 0 saturated carbocycles. The minimum absolute atomic E-state index is 0.0106. The SMILES string of the molecule is N#Cc1cccc(S(=O)(=O)N[C@H]2CCN(CC(F)(F)F)C2)c1. The molecule has 0 aromatic heterocycles. The zero-order valence-corrected chi connectivity index (χ0v) is 12.3. The first-order valence-corrected chi connectivity index (χ1v) is 7.99. The molecular formula is C13H14F3N3O2S. The Hall–Kier alpha value is -1.63. The summed E-state index contributed by atoms with van der Waals surface area (Å²) in [7, 11) is -3.85. The molecule has 0 aliphatic carbocycles. The number of nitriles is 1. The van der Waals surface area contributed by atoms with Crippen LogP contribution in [0.2, 0.25) is 0 Å². The largest absolute Gasteiger partial charge is 0.401 e. The fourth-order valence-corrected chi connectivity index (χ4v) is 3.65. The summed E-state index contributed by atoms with van der Waals surface area (Å²) < 4.78 is 63.7. The van der Waals surface area contributed by atoms with E-state index in [-0.39, 0.29) is 23.5 Å². The second-order valence-electron chi connectivity index (χ2n) is 5.10. The van der Waals surface area contributed by atoms with E-state index in [9.17, 15) is 21.6 Å². The van der Waals surface area contributed by atoms with Gasteiger partial charge in [-0.1, -0.05) is 6.07 Å². The fraction of sp³-hybridized carbons (Fsp3) is 0.462. The Morgan fingerprint density at radius 1 is 1.41 bits per heavy atom. The quantitative estimate of drug-likeness (QED) is 0.906. The molecule has 22 heavy (non-hydrogen) atoms. The Balaban J connectivity index is 2.03. The Bertz CT molecular complexity index is 683. The molecule has 0 unspecified atom stereocenters. The number of hydrogen-bond acceptors (Lipinski definition) is 4. The van der Waals surface area contributed by atoms with Gasteiger partial charge in [0, 0.05) is 19.1 Å².